The lowest BCUT2D eigenvalue weighted by atomic mass is 9.73. The molecular formula is C26H27F2N5O4. The second kappa shape index (κ2) is 10.5. The Hall–Kier alpha value is -4.15. The van der Waals surface area contributed by atoms with E-state index >= 15 is 0 Å². The number of nitrogens with one attached hydrogen (secondary N) is 2. The van der Waals surface area contributed by atoms with Crippen molar-refractivity contribution in [1.29, 1.82) is 0 Å². The minimum atomic E-state index is -0.782. The van der Waals surface area contributed by atoms with Crippen LogP contribution in [0.5, 0.6) is 0 Å². The molecule has 1 aliphatic carbocycles. The fraction of sp³-hybridized carbons (Fsp3) is 0.346. The summed E-state index contributed by atoms with van der Waals surface area (Å²) in [6.45, 7) is 4.09. The van der Waals surface area contributed by atoms with E-state index in [2.05, 4.69) is 20.7 Å². The molecule has 3 aromatic rings. The normalized spacial score (nSPS) is 17.5. The minimum absolute atomic E-state index is 0.0608. The number of ether oxygens (including phenoxy) is 1. The van der Waals surface area contributed by atoms with Gasteiger partial charge in [-0.3, -0.25) is 14.4 Å². The molecule has 1 atom stereocenters. The molecule has 0 saturated carbocycles. The average molecular weight is 512 g/mol. The molecule has 2 N–H and O–H groups in total. The maximum absolute atomic E-state index is 14.3. The molecule has 194 valence electrons. The van der Waals surface area contributed by atoms with Crippen LogP contribution >= 0.6 is 0 Å². The minimum Gasteiger partial charge on any atom is -0.469 e. The lowest BCUT2D eigenvalue weighted by molar-refractivity contribution is -0.152. The Balaban J connectivity index is 1.51. The summed E-state index contributed by atoms with van der Waals surface area (Å²) < 4.78 is 33.4. The number of allylic oxidation sites excluding steroid dienone is 1. The van der Waals surface area contributed by atoms with E-state index in [9.17, 15) is 23.2 Å². The van der Waals surface area contributed by atoms with Crippen LogP contribution in [0.15, 0.2) is 47.7 Å². The van der Waals surface area contributed by atoms with Gasteiger partial charge in [0.15, 0.2) is 11.5 Å². The number of carbonyl (C=O) groups is 3. The van der Waals surface area contributed by atoms with E-state index in [4.69, 9.17) is 4.74 Å². The summed E-state index contributed by atoms with van der Waals surface area (Å²) in [4.78, 5) is 42.0. The molecule has 0 bridgehead atoms. The van der Waals surface area contributed by atoms with Crippen molar-refractivity contribution in [2.45, 2.75) is 39.7 Å². The predicted molar refractivity (Wildman–Crippen MR) is 130 cm³/mol. The number of esters is 1. The van der Waals surface area contributed by atoms with E-state index in [0.717, 1.165) is 21.9 Å². The molecule has 37 heavy (non-hydrogen) atoms. The number of aromatic nitrogens is 3. The molecule has 1 aromatic carbocycles. The van der Waals surface area contributed by atoms with Gasteiger partial charge in [0.1, 0.15) is 17.2 Å². The zero-order chi connectivity index (χ0) is 26.7. The predicted octanol–water partition coefficient (Wildman–Crippen LogP) is 3.35. The number of hydrogen-bond donors (Lipinski definition) is 2. The molecule has 0 spiro atoms. The number of benzene rings is 1. The van der Waals surface area contributed by atoms with Gasteiger partial charge in [0.25, 0.3) is 11.8 Å². The molecule has 2 amide bonds. The van der Waals surface area contributed by atoms with E-state index in [1.807, 2.05) is 13.8 Å². The highest BCUT2D eigenvalue weighted by atomic mass is 19.1. The van der Waals surface area contributed by atoms with Crippen LogP contribution in [0.3, 0.4) is 0 Å². The molecule has 0 aliphatic heterocycles. The van der Waals surface area contributed by atoms with Crippen molar-refractivity contribution >= 4 is 23.4 Å². The number of rotatable bonds is 7. The molecule has 11 heteroatoms. The molecule has 1 aliphatic rings. The van der Waals surface area contributed by atoms with Gasteiger partial charge in [-0.05, 0) is 50.8 Å². The van der Waals surface area contributed by atoms with Gasteiger partial charge in [-0.1, -0.05) is 23.3 Å². The van der Waals surface area contributed by atoms with Gasteiger partial charge in [0.2, 0.25) is 0 Å². The summed E-state index contributed by atoms with van der Waals surface area (Å²) in [5, 5.41) is 9.33. The Kier molecular flexibility index (Phi) is 7.33. The van der Waals surface area contributed by atoms with Crippen molar-refractivity contribution in [1.82, 2.24) is 25.2 Å². The Morgan fingerprint density at radius 3 is 2.49 bits per heavy atom. The molecule has 0 radical (unpaired) electrons. The molecule has 0 saturated heterocycles. The number of amides is 2. The van der Waals surface area contributed by atoms with Gasteiger partial charge in [0.05, 0.1) is 18.7 Å². The first kappa shape index (κ1) is 25.9. The second-order valence-corrected chi connectivity index (χ2v) is 9.36. The van der Waals surface area contributed by atoms with Crippen LogP contribution in [0, 0.1) is 17.0 Å². The quantitative estimate of drug-likeness (QED) is 0.372. The fourth-order valence-electron chi connectivity index (χ4n) is 4.47. The summed E-state index contributed by atoms with van der Waals surface area (Å²) in [6.07, 6.45) is 2.63. The third-order valence-electron chi connectivity index (χ3n) is 6.64. The maximum Gasteiger partial charge on any atom is 0.311 e. The first-order chi connectivity index (χ1) is 17.6. The zero-order valence-electron chi connectivity index (χ0n) is 20.7. The molecule has 9 nitrogen and oxygen atoms in total. The lowest BCUT2D eigenvalue weighted by Gasteiger charge is -2.33. The highest BCUT2D eigenvalue weighted by molar-refractivity contribution is 5.98. The van der Waals surface area contributed by atoms with Crippen molar-refractivity contribution in [3.05, 3.63) is 76.3 Å². The van der Waals surface area contributed by atoms with Crippen molar-refractivity contribution in [2.24, 2.45) is 5.41 Å². The number of fused-ring (bicyclic) bond motifs is 1. The number of nitrogens with zero attached hydrogens (tertiary/aromatic N) is 3. The first-order valence-electron chi connectivity index (χ1n) is 11.7. The van der Waals surface area contributed by atoms with Gasteiger partial charge in [-0.15, -0.1) is 0 Å². The summed E-state index contributed by atoms with van der Waals surface area (Å²) in [7, 11) is 1.37. The highest BCUT2D eigenvalue weighted by Crippen LogP contribution is 2.39. The van der Waals surface area contributed by atoms with E-state index in [0.29, 0.717) is 24.8 Å². The van der Waals surface area contributed by atoms with Gasteiger partial charge >= 0.3 is 5.97 Å². The third kappa shape index (κ3) is 5.50. The van der Waals surface area contributed by atoms with Crippen molar-refractivity contribution in [3.8, 4) is 0 Å². The zero-order valence-corrected chi connectivity index (χ0v) is 20.7. The Morgan fingerprint density at radius 2 is 1.81 bits per heavy atom. The molecule has 2 heterocycles. The molecule has 2 aromatic heterocycles. The number of methoxy groups -OCH3 is 1. The summed E-state index contributed by atoms with van der Waals surface area (Å²) >= 11 is 0. The standard InChI is InChI=1S/C26H27F2N5O4/c1-15-11-26(2,25(36)37-3)9-8-17(15)13-30-24(35)21-10-20(32-22-19(28)14-31-33(21)22)23(34)29-12-16-4-6-18(27)7-5-16/h4-7,10,14H,8-9,11-13H2,1-3H3,(H,29,34)(H,30,35). The van der Waals surface area contributed by atoms with Gasteiger partial charge in [-0.25, -0.2) is 18.3 Å². The van der Waals surface area contributed by atoms with Crippen molar-refractivity contribution in [2.75, 3.05) is 13.7 Å². The highest BCUT2D eigenvalue weighted by Gasteiger charge is 2.37. The second-order valence-electron chi connectivity index (χ2n) is 9.36. The average Bonchev–Trinajstić information content (AvgIpc) is 3.27. The Bertz CT molecular complexity index is 1400. The topological polar surface area (TPSA) is 115 Å². The maximum atomic E-state index is 14.3. The smallest absolute Gasteiger partial charge is 0.311 e. The SMILES string of the molecule is COC(=O)C1(C)CCC(CNC(=O)c2cc(C(=O)NCc3ccc(F)cc3)nc3c(F)cnn23)=C(C)C1. The Labute approximate surface area is 211 Å². The van der Waals surface area contributed by atoms with Gasteiger partial charge in [-0.2, -0.15) is 5.10 Å². The van der Waals surface area contributed by atoms with Crippen molar-refractivity contribution < 1.29 is 27.9 Å². The van der Waals surface area contributed by atoms with Crippen LogP contribution < -0.4 is 10.6 Å². The van der Waals surface area contributed by atoms with Crippen LogP contribution in [0.4, 0.5) is 8.78 Å². The largest absolute Gasteiger partial charge is 0.469 e. The monoisotopic (exact) mass is 511 g/mol. The number of hydrogen-bond acceptors (Lipinski definition) is 6. The molecule has 1 unspecified atom stereocenters. The lowest BCUT2D eigenvalue weighted by Crippen LogP contribution is -2.35. The van der Waals surface area contributed by atoms with Crippen LogP contribution in [0.2, 0.25) is 0 Å². The molecule has 4 rings (SSSR count). The third-order valence-corrected chi connectivity index (χ3v) is 6.64. The summed E-state index contributed by atoms with van der Waals surface area (Å²) in [5.41, 5.74) is 1.54. The van der Waals surface area contributed by atoms with E-state index in [1.165, 1.54) is 37.4 Å². The van der Waals surface area contributed by atoms with Crippen molar-refractivity contribution in [3.63, 3.8) is 0 Å². The van der Waals surface area contributed by atoms with E-state index in [1.54, 1.807) is 0 Å². The molecular weight excluding hydrogens is 484 g/mol. The van der Waals surface area contributed by atoms with E-state index < -0.39 is 28.9 Å². The Morgan fingerprint density at radius 1 is 1.11 bits per heavy atom. The number of carbonyl (C=O) groups excluding carboxylic acids is 3. The van der Waals surface area contributed by atoms with Gasteiger partial charge in [0, 0.05) is 19.2 Å². The van der Waals surface area contributed by atoms with Crippen LogP contribution in [-0.2, 0) is 16.1 Å². The first-order valence-corrected chi connectivity index (χ1v) is 11.7. The molecule has 0 fully saturated rings. The van der Waals surface area contributed by atoms with Crippen LogP contribution in [0.1, 0.15) is 59.7 Å². The van der Waals surface area contributed by atoms with Gasteiger partial charge < -0.3 is 15.4 Å². The number of halogens is 2. The summed E-state index contributed by atoms with van der Waals surface area (Å²) in [6, 6.07) is 6.84. The summed E-state index contributed by atoms with van der Waals surface area (Å²) in [5.74, 6) is -2.64. The van der Waals surface area contributed by atoms with Crippen LogP contribution in [-0.4, -0.2) is 46.0 Å². The fourth-order valence-corrected chi connectivity index (χ4v) is 4.47. The van der Waals surface area contributed by atoms with Crippen LogP contribution in [0.25, 0.3) is 5.65 Å². The van der Waals surface area contributed by atoms with E-state index in [-0.39, 0.29) is 36.1 Å².